The van der Waals surface area contributed by atoms with Gasteiger partial charge in [-0.05, 0) is 60.5 Å². The average Bonchev–Trinajstić information content (AvgIpc) is 2.78. The van der Waals surface area contributed by atoms with Crippen molar-refractivity contribution in [2.75, 3.05) is 11.9 Å². The first-order valence-electron chi connectivity index (χ1n) is 9.43. The number of amides is 1. The van der Waals surface area contributed by atoms with E-state index in [2.05, 4.69) is 5.32 Å². The number of Topliss-reactive ketones (excluding diaryl/α,β-unsaturated/α-hetero) is 1. The van der Waals surface area contributed by atoms with E-state index < -0.39 is 5.97 Å². The van der Waals surface area contributed by atoms with Crippen LogP contribution in [0.5, 0.6) is 0 Å². The van der Waals surface area contributed by atoms with E-state index in [0.717, 1.165) is 11.1 Å². The van der Waals surface area contributed by atoms with Gasteiger partial charge in [0.15, 0.2) is 12.4 Å². The molecule has 0 aliphatic heterocycles. The summed E-state index contributed by atoms with van der Waals surface area (Å²) in [6.45, 7) is 1.59. The summed E-state index contributed by atoms with van der Waals surface area (Å²) >= 11 is 0. The van der Waals surface area contributed by atoms with Crippen LogP contribution in [0.4, 0.5) is 5.69 Å². The molecule has 0 bridgehead atoms. The smallest absolute Gasteiger partial charge is 0.331 e. The van der Waals surface area contributed by atoms with E-state index in [1.165, 1.54) is 6.08 Å². The first kappa shape index (κ1) is 20.7. The van der Waals surface area contributed by atoms with Gasteiger partial charge in [0.25, 0.3) is 5.91 Å². The van der Waals surface area contributed by atoms with Gasteiger partial charge in [0.05, 0.1) is 0 Å². The number of nitrogens with one attached hydrogen (secondary N) is 1. The van der Waals surface area contributed by atoms with Gasteiger partial charge < -0.3 is 10.1 Å². The summed E-state index contributed by atoms with van der Waals surface area (Å²) in [4.78, 5) is 36.3. The number of hydrogen-bond acceptors (Lipinski definition) is 4. The molecule has 5 nitrogen and oxygen atoms in total. The number of hydrogen-bond donors (Lipinski definition) is 1. The Morgan fingerprint density at radius 3 is 2.20 bits per heavy atom. The molecule has 150 valence electrons. The second kappa shape index (κ2) is 9.98. The Kier molecular flexibility index (Phi) is 6.90. The zero-order chi connectivity index (χ0) is 21.3. The molecule has 3 rings (SSSR count). The first-order chi connectivity index (χ1) is 14.5. The standard InChI is InChI=1S/C25H21NO4/c1-18-7-5-6-8-19(18)13-16-24(28)30-17-23(27)20-11-14-22(15-12-20)26-25(29)21-9-3-2-4-10-21/h2-16H,17H2,1H3,(H,26,29)/b16-13+. The molecule has 3 aromatic carbocycles. The average molecular weight is 399 g/mol. The number of anilines is 1. The van der Waals surface area contributed by atoms with Crippen LogP contribution in [0.1, 0.15) is 31.8 Å². The summed E-state index contributed by atoms with van der Waals surface area (Å²) in [7, 11) is 0. The number of carbonyl (C=O) groups excluding carboxylic acids is 3. The molecule has 1 amide bonds. The highest BCUT2D eigenvalue weighted by Crippen LogP contribution is 2.13. The van der Waals surface area contributed by atoms with Gasteiger partial charge in [-0.3, -0.25) is 9.59 Å². The zero-order valence-corrected chi connectivity index (χ0v) is 16.5. The predicted octanol–water partition coefficient (Wildman–Crippen LogP) is 4.69. The molecule has 0 unspecified atom stereocenters. The molecule has 0 aliphatic carbocycles. The largest absolute Gasteiger partial charge is 0.454 e. The third-order valence-electron chi connectivity index (χ3n) is 4.43. The highest BCUT2D eigenvalue weighted by atomic mass is 16.5. The summed E-state index contributed by atoms with van der Waals surface area (Å²) in [5, 5.41) is 2.77. The molecule has 0 aliphatic rings. The van der Waals surface area contributed by atoms with E-state index in [1.54, 1.807) is 54.6 Å². The van der Waals surface area contributed by atoms with Crippen LogP contribution >= 0.6 is 0 Å². The molecular weight excluding hydrogens is 378 g/mol. The van der Waals surface area contributed by atoms with Crippen molar-refractivity contribution < 1.29 is 19.1 Å². The third-order valence-corrected chi connectivity index (χ3v) is 4.43. The Bertz CT molecular complexity index is 1070. The molecule has 0 atom stereocenters. The van der Waals surface area contributed by atoms with Crippen LogP contribution in [-0.4, -0.2) is 24.3 Å². The number of benzene rings is 3. The van der Waals surface area contributed by atoms with E-state index in [-0.39, 0.29) is 18.3 Å². The quantitative estimate of drug-likeness (QED) is 0.355. The predicted molar refractivity (Wildman–Crippen MR) is 116 cm³/mol. The molecule has 0 saturated heterocycles. The van der Waals surface area contributed by atoms with Crippen LogP contribution < -0.4 is 5.32 Å². The molecule has 0 fully saturated rings. The molecule has 0 aromatic heterocycles. The summed E-state index contributed by atoms with van der Waals surface area (Å²) in [5.41, 5.74) is 3.45. The van der Waals surface area contributed by atoms with E-state index in [9.17, 15) is 14.4 Å². The lowest BCUT2D eigenvalue weighted by Gasteiger charge is -2.07. The molecule has 1 N–H and O–H groups in total. The number of carbonyl (C=O) groups is 3. The Morgan fingerprint density at radius 2 is 1.50 bits per heavy atom. The molecular formula is C25H21NO4. The monoisotopic (exact) mass is 399 g/mol. The normalized spacial score (nSPS) is 10.6. The SMILES string of the molecule is Cc1ccccc1/C=C/C(=O)OCC(=O)c1ccc(NC(=O)c2ccccc2)cc1. The van der Waals surface area contributed by atoms with Gasteiger partial charge in [0.1, 0.15) is 0 Å². The second-order valence-corrected chi connectivity index (χ2v) is 6.62. The third kappa shape index (κ3) is 5.75. The highest BCUT2D eigenvalue weighted by Gasteiger charge is 2.10. The Hall–Kier alpha value is -3.99. The van der Waals surface area contributed by atoms with Gasteiger partial charge in [-0.15, -0.1) is 0 Å². The van der Waals surface area contributed by atoms with Crippen molar-refractivity contribution in [3.05, 3.63) is 107 Å². The number of ketones is 1. The van der Waals surface area contributed by atoms with Gasteiger partial charge in [-0.1, -0.05) is 42.5 Å². The van der Waals surface area contributed by atoms with Gasteiger partial charge in [0, 0.05) is 22.9 Å². The van der Waals surface area contributed by atoms with Gasteiger partial charge in [0.2, 0.25) is 0 Å². The maximum absolute atomic E-state index is 12.2. The minimum atomic E-state index is -0.585. The summed E-state index contributed by atoms with van der Waals surface area (Å²) in [5.74, 6) is -1.14. The molecule has 3 aromatic rings. The van der Waals surface area contributed by atoms with Crippen molar-refractivity contribution >= 4 is 29.4 Å². The van der Waals surface area contributed by atoms with Crippen LogP contribution in [0, 0.1) is 6.92 Å². The lowest BCUT2D eigenvalue weighted by molar-refractivity contribution is -0.136. The van der Waals surface area contributed by atoms with Crippen molar-refractivity contribution in [3.8, 4) is 0 Å². The number of aryl methyl sites for hydroxylation is 1. The van der Waals surface area contributed by atoms with E-state index in [0.29, 0.717) is 16.8 Å². The van der Waals surface area contributed by atoms with Gasteiger partial charge in [-0.25, -0.2) is 4.79 Å². The summed E-state index contributed by atoms with van der Waals surface area (Å²) < 4.78 is 5.03. The molecule has 0 spiro atoms. The Balaban J connectivity index is 1.51. The maximum atomic E-state index is 12.2. The van der Waals surface area contributed by atoms with E-state index in [1.807, 2.05) is 37.3 Å². The van der Waals surface area contributed by atoms with Crippen LogP contribution in [0.3, 0.4) is 0 Å². The molecule has 0 heterocycles. The van der Waals surface area contributed by atoms with Crippen molar-refractivity contribution in [2.45, 2.75) is 6.92 Å². The van der Waals surface area contributed by atoms with Crippen LogP contribution in [-0.2, 0) is 9.53 Å². The van der Waals surface area contributed by atoms with Crippen molar-refractivity contribution in [3.63, 3.8) is 0 Å². The van der Waals surface area contributed by atoms with Crippen molar-refractivity contribution in [1.82, 2.24) is 0 Å². The fourth-order valence-corrected chi connectivity index (χ4v) is 2.73. The molecule has 30 heavy (non-hydrogen) atoms. The maximum Gasteiger partial charge on any atom is 0.331 e. The Labute approximate surface area is 175 Å². The van der Waals surface area contributed by atoms with Crippen LogP contribution in [0.15, 0.2) is 84.9 Å². The Morgan fingerprint density at radius 1 is 0.833 bits per heavy atom. The lowest BCUT2D eigenvalue weighted by atomic mass is 10.1. The van der Waals surface area contributed by atoms with Crippen LogP contribution in [0.2, 0.25) is 0 Å². The number of rotatable bonds is 7. The van der Waals surface area contributed by atoms with E-state index >= 15 is 0 Å². The molecule has 0 radical (unpaired) electrons. The summed E-state index contributed by atoms with van der Waals surface area (Å²) in [6.07, 6.45) is 2.96. The van der Waals surface area contributed by atoms with Crippen LogP contribution in [0.25, 0.3) is 6.08 Å². The topological polar surface area (TPSA) is 72.5 Å². The fourth-order valence-electron chi connectivity index (χ4n) is 2.73. The highest BCUT2D eigenvalue weighted by molar-refractivity contribution is 6.04. The summed E-state index contributed by atoms with van der Waals surface area (Å²) in [6, 6.07) is 22.9. The van der Waals surface area contributed by atoms with E-state index in [4.69, 9.17) is 4.74 Å². The first-order valence-corrected chi connectivity index (χ1v) is 9.43. The fraction of sp³-hybridized carbons (Fsp3) is 0.0800. The molecule has 5 heteroatoms. The molecule has 0 saturated carbocycles. The van der Waals surface area contributed by atoms with Gasteiger partial charge in [-0.2, -0.15) is 0 Å². The van der Waals surface area contributed by atoms with Gasteiger partial charge >= 0.3 is 5.97 Å². The lowest BCUT2D eigenvalue weighted by Crippen LogP contribution is -2.13. The minimum absolute atomic E-state index is 0.232. The second-order valence-electron chi connectivity index (χ2n) is 6.62. The number of ether oxygens (including phenoxy) is 1. The zero-order valence-electron chi connectivity index (χ0n) is 16.5. The minimum Gasteiger partial charge on any atom is -0.454 e. The van der Waals surface area contributed by atoms with Crippen molar-refractivity contribution in [1.29, 1.82) is 0 Å². The number of esters is 1. The van der Waals surface area contributed by atoms with Crippen molar-refractivity contribution in [2.24, 2.45) is 0 Å².